The number of thiazole rings is 1. The summed E-state index contributed by atoms with van der Waals surface area (Å²) < 4.78 is 1.66. The number of likely N-dealkylation sites (tertiary alicyclic amines) is 1. The van der Waals surface area contributed by atoms with Crippen LogP contribution in [0.2, 0.25) is 0 Å². The third-order valence-electron chi connectivity index (χ3n) is 4.50. The van der Waals surface area contributed by atoms with E-state index in [1.165, 1.54) is 16.2 Å². The van der Waals surface area contributed by atoms with Crippen molar-refractivity contribution in [3.63, 3.8) is 0 Å². The zero-order chi connectivity index (χ0) is 22.5. The summed E-state index contributed by atoms with van der Waals surface area (Å²) >= 11 is 1.34. The highest BCUT2D eigenvalue weighted by Gasteiger charge is 2.26. The van der Waals surface area contributed by atoms with Crippen LogP contribution in [0.5, 0.6) is 0 Å². The van der Waals surface area contributed by atoms with Crippen LogP contribution < -0.4 is 11.1 Å². The van der Waals surface area contributed by atoms with Gasteiger partial charge >= 0.3 is 0 Å². The number of amides is 2. The van der Waals surface area contributed by atoms with E-state index in [9.17, 15) is 9.59 Å². The highest BCUT2D eigenvalue weighted by Crippen LogP contribution is 2.34. The molecule has 1 atom stereocenters. The molecule has 0 radical (unpaired) electrons. The SMILES string of the molecule is C#Cc1cccc(-c2nc(C(N)=O)c(Nc3cnn(C)c3)s2)c1.CN1CCC(O)C1=O. The van der Waals surface area contributed by atoms with Crippen LogP contribution >= 0.6 is 11.3 Å². The second kappa shape index (κ2) is 9.42. The molecule has 2 aromatic heterocycles. The molecule has 1 fully saturated rings. The number of aromatic nitrogens is 3. The van der Waals surface area contributed by atoms with E-state index in [2.05, 4.69) is 21.3 Å². The standard InChI is InChI=1S/C16H13N5OS.C5H9NO2/c1-3-10-5-4-6-11(7-10)15-20-13(14(17)22)16(23-15)19-12-8-18-21(2)9-12;1-6-3-2-4(7)5(6)8/h1,4-9,19H,2H3,(H2,17,22);4,7H,2-3H2,1H3. The largest absolute Gasteiger partial charge is 0.383 e. The third-order valence-corrected chi connectivity index (χ3v) is 5.52. The van der Waals surface area contributed by atoms with E-state index in [1.54, 1.807) is 24.1 Å². The van der Waals surface area contributed by atoms with Gasteiger partial charge in [0.05, 0.1) is 11.9 Å². The summed E-state index contributed by atoms with van der Waals surface area (Å²) in [6.45, 7) is 0.694. The van der Waals surface area contributed by atoms with Crippen molar-refractivity contribution in [2.75, 3.05) is 18.9 Å². The molecular formula is C21H22N6O3S. The molecule has 0 aliphatic carbocycles. The minimum absolute atomic E-state index is 0.148. The molecule has 9 nitrogen and oxygen atoms in total. The Morgan fingerprint density at radius 2 is 2.19 bits per heavy atom. The average Bonchev–Trinajstić information content (AvgIpc) is 3.45. The van der Waals surface area contributed by atoms with Crippen molar-refractivity contribution < 1.29 is 14.7 Å². The summed E-state index contributed by atoms with van der Waals surface area (Å²) in [5.41, 5.74) is 7.97. The molecule has 160 valence electrons. The van der Waals surface area contributed by atoms with Gasteiger partial charge in [-0.1, -0.05) is 29.4 Å². The van der Waals surface area contributed by atoms with Gasteiger partial charge in [0, 0.05) is 38.0 Å². The Kier molecular flexibility index (Phi) is 6.69. The summed E-state index contributed by atoms with van der Waals surface area (Å²) in [5.74, 6) is 1.84. The van der Waals surface area contributed by atoms with E-state index in [0.29, 0.717) is 23.0 Å². The first-order valence-electron chi connectivity index (χ1n) is 9.35. The maximum absolute atomic E-state index is 11.7. The first-order chi connectivity index (χ1) is 14.8. The van der Waals surface area contributed by atoms with Crippen LogP contribution in [0.1, 0.15) is 22.5 Å². The molecule has 10 heteroatoms. The van der Waals surface area contributed by atoms with Crippen molar-refractivity contribution in [3.8, 4) is 22.9 Å². The molecule has 0 spiro atoms. The van der Waals surface area contributed by atoms with Crippen molar-refractivity contribution in [1.82, 2.24) is 19.7 Å². The lowest BCUT2D eigenvalue weighted by molar-refractivity contribution is -0.133. The molecular weight excluding hydrogens is 416 g/mol. The van der Waals surface area contributed by atoms with Crippen molar-refractivity contribution >= 4 is 33.8 Å². The number of hydrogen-bond acceptors (Lipinski definition) is 7. The van der Waals surface area contributed by atoms with Crippen molar-refractivity contribution in [3.05, 3.63) is 47.9 Å². The smallest absolute Gasteiger partial charge is 0.270 e. The molecule has 1 aliphatic heterocycles. The number of anilines is 2. The summed E-state index contributed by atoms with van der Waals surface area (Å²) in [7, 11) is 3.50. The van der Waals surface area contributed by atoms with Crippen molar-refractivity contribution in [1.29, 1.82) is 0 Å². The van der Waals surface area contributed by atoms with Gasteiger partial charge in [0.1, 0.15) is 16.1 Å². The molecule has 0 bridgehead atoms. The van der Waals surface area contributed by atoms with E-state index in [-0.39, 0.29) is 11.6 Å². The lowest BCUT2D eigenvalue weighted by Crippen LogP contribution is -2.24. The topological polar surface area (TPSA) is 126 Å². The second-order valence-electron chi connectivity index (χ2n) is 6.88. The van der Waals surface area contributed by atoms with Gasteiger partial charge in [-0.2, -0.15) is 5.10 Å². The number of carbonyl (C=O) groups is 2. The fraction of sp³-hybridized carbons (Fsp3) is 0.238. The number of nitrogens with two attached hydrogens (primary N) is 1. The average molecular weight is 439 g/mol. The predicted molar refractivity (Wildman–Crippen MR) is 119 cm³/mol. The van der Waals surface area contributed by atoms with Crippen LogP contribution in [-0.4, -0.2) is 56.3 Å². The monoisotopic (exact) mass is 438 g/mol. The number of rotatable bonds is 4. The summed E-state index contributed by atoms with van der Waals surface area (Å²) in [5, 5.41) is 17.2. The molecule has 2 amide bonds. The molecule has 31 heavy (non-hydrogen) atoms. The highest BCUT2D eigenvalue weighted by molar-refractivity contribution is 7.19. The normalized spacial score (nSPS) is 15.2. The molecule has 4 rings (SSSR count). The minimum Gasteiger partial charge on any atom is -0.383 e. The van der Waals surface area contributed by atoms with Gasteiger partial charge in [-0.15, -0.1) is 6.42 Å². The number of aliphatic hydroxyl groups is 1. The van der Waals surface area contributed by atoms with E-state index in [4.69, 9.17) is 17.3 Å². The van der Waals surface area contributed by atoms with E-state index in [1.807, 2.05) is 31.3 Å². The van der Waals surface area contributed by atoms with Crippen LogP contribution in [-0.2, 0) is 11.8 Å². The van der Waals surface area contributed by atoms with E-state index in [0.717, 1.165) is 16.8 Å². The maximum atomic E-state index is 11.7. The second-order valence-corrected chi connectivity index (χ2v) is 7.88. The number of carbonyl (C=O) groups excluding carboxylic acids is 2. The van der Waals surface area contributed by atoms with Crippen LogP contribution in [0.4, 0.5) is 10.7 Å². The summed E-state index contributed by atoms with van der Waals surface area (Å²) in [6.07, 6.45) is 8.74. The fourth-order valence-corrected chi connectivity index (χ4v) is 3.85. The summed E-state index contributed by atoms with van der Waals surface area (Å²) in [6, 6.07) is 7.42. The number of benzene rings is 1. The zero-order valence-electron chi connectivity index (χ0n) is 17.1. The number of terminal acetylenes is 1. The quantitative estimate of drug-likeness (QED) is 0.531. The van der Waals surface area contributed by atoms with Gasteiger partial charge in [-0.3, -0.25) is 14.3 Å². The molecule has 3 aromatic rings. The van der Waals surface area contributed by atoms with Gasteiger partial charge < -0.3 is 21.1 Å². The molecule has 1 unspecified atom stereocenters. The molecule has 1 saturated heterocycles. The molecule has 1 aliphatic rings. The number of likely N-dealkylation sites (N-methyl/N-ethyl adjacent to an activating group) is 1. The van der Waals surface area contributed by atoms with Crippen LogP contribution in [0, 0.1) is 12.3 Å². The fourth-order valence-electron chi connectivity index (χ4n) is 2.86. The lowest BCUT2D eigenvalue weighted by Gasteiger charge is -2.04. The van der Waals surface area contributed by atoms with Crippen LogP contribution in [0.25, 0.3) is 10.6 Å². The Hall–Kier alpha value is -3.68. The van der Waals surface area contributed by atoms with E-state index < -0.39 is 12.0 Å². The van der Waals surface area contributed by atoms with Crippen molar-refractivity contribution in [2.24, 2.45) is 12.8 Å². The Labute approximate surface area is 183 Å². The lowest BCUT2D eigenvalue weighted by atomic mass is 10.1. The van der Waals surface area contributed by atoms with E-state index >= 15 is 0 Å². The van der Waals surface area contributed by atoms with Gasteiger partial charge in [0.2, 0.25) is 0 Å². The first-order valence-corrected chi connectivity index (χ1v) is 10.2. The van der Waals surface area contributed by atoms with Gasteiger partial charge in [0.25, 0.3) is 11.8 Å². The van der Waals surface area contributed by atoms with Gasteiger partial charge in [-0.25, -0.2) is 4.98 Å². The van der Waals surface area contributed by atoms with Gasteiger partial charge in [-0.05, 0) is 18.6 Å². The highest BCUT2D eigenvalue weighted by atomic mass is 32.1. The zero-order valence-corrected chi connectivity index (χ0v) is 17.9. The Morgan fingerprint density at radius 1 is 1.42 bits per heavy atom. The number of nitrogens with zero attached hydrogens (tertiary/aromatic N) is 4. The van der Waals surface area contributed by atoms with Crippen LogP contribution in [0.3, 0.4) is 0 Å². The minimum atomic E-state index is -0.722. The molecule has 3 heterocycles. The predicted octanol–water partition coefficient (Wildman–Crippen LogP) is 1.58. The number of aryl methyl sites for hydroxylation is 1. The molecule has 4 N–H and O–H groups in total. The van der Waals surface area contributed by atoms with Gasteiger partial charge in [0.15, 0.2) is 5.69 Å². The number of aliphatic hydroxyl groups excluding tert-OH is 1. The Bertz CT molecular complexity index is 1130. The Balaban J connectivity index is 0.000000287. The maximum Gasteiger partial charge on any atom is 0.270 e. The Morgan fingerprint density at radius 3 is 2.71 bits per heavy atom. The number of nitrogens with one attached hydrogen (secondary N) is 1. The third kappa shape index (κ3) is 5.28. The molecule has 0 saturated carbocycles. The number of primary amides is 1. The first kappa shape index (κ1) is 22.0. The molecule has 1 aromatic carbocycles. The summed E-state index contributed by atoms with van der Waals surface area (Å²) in [4.78, 5) is 28.1. The number of hydrogen-bond donors (Lipinski definition) is 3. The van der Waals surface area contributed by atoms with Crippen molar-refractivity contribution in [2.45, 2.75) is 12.5 Å². The van der Waals surface area contributed by atoms with Crippen LogP contribution in [0.15, 0.2) is 36.7 Å².